The summed E-state index contributed by atoms with van der Waals surface area (Å²) in [6.07, 6.45) is 1.20. The predicted molar refractivity (Wildman–Crippen MR) is 69.0 cm³/mol. The van der Waals surface area contributed by atoms with Crippen LogP contribution in [0.5, 0.6) is 0 Å². The highest BCUT2D eigenvalue weighted by Crippen LogP contribution is 2.14. The van der Waals surface area contributed by atoms with Crippen molar-refractivity contribution >= 4 is 5.91 Å². The van der Waals surface area contributed by atoms with Gasteiger partial charge in [0.05, 0.1) is 0 Å². The van der Waals surface area contributed by atoms with E-state index >= 15 is 0 Å². The minimum atomic E-state index is 0.0422. The lowest BCUT2D eigenvalue weighted by atomic mass is 10.1. The molecule has 92 valence electrons. The molecule has 1 heterocycles. The Morgan fingerprint density at radius 3 is 2.82 bits per heavy atom. The van der Waals surface area contributed by atoms with Gasteiger partial charge in [0.1, 0.15) is 0 Å². The summed E-state index contributed by atoms with van der Waals surface area (Å²) in [5.74, 6) is 0.656. The molecule has 1 N–H and O–H groups in total. The van der Waals surface area contributed by atoms with Crippen molar-refractivity contribution in [1.29, 1.82) is 0 Å². The molecule has 1 aliphatic rings. The van der Waals surface area contributed by atoms with Gasteiger partial charge >= 0.3 is 0 Å². The first-order valence-electron chi connectivity index (χ1n) is 6.35. The SMILES string of the molecule is CCN1CCC(CNC(=O)c2ccccc2)C1. The molecule has 3 heteroatoms. The first-order chi connectivity index (χ1) is 8.29. The van der Waals surface area contributed by atoms with E-state index in [-0.39, 0.29) is 5.91 Å². The van der Waals surface area contributed by atoms with Gasteiger partial charge in [0, 0.05) is 18.7 Å². The van der Waals surface area contributed by atoms with Crippen molar-refractivity contribution in [2.75, 3.05) is 26.2 Å². The average molecular weight is 232 g/mol. The molecular weight excluding hydrogens is 212 g/mol. The van der Waals surface area contributed by atoms with Crippen molar-refractivity contribution in [1.82, 2.24) is 10.2 Å². The van der Waals surface area contributed by atoms with Gasteiger partial charge in [-0.1, -0.05) is 25.1 Å². The minimum absolute atomic E-state index is 0.0422. The minimum Gasteiger partial charge on any atom is -0.352 e. The van der Waals surface area contributed by atoms with E-state index in [1.165, 1.54) is 13.0 Å². The third-order valence-electron chi connectivity index (χ3n) is 3.40. The summed E-state index contributed by atoms with van der Waals surface area (Å²) in [6.45, 7) is 6.38. The van der Waals surface area contributed by atoms with Gasteiger partial charge < -0.3 is 10.2 Å². The molecule has 17 heavy (non-hydrogen) atoms. The van der Waals surface area contributed by atoms with E-state index < -0.39 is 0 Å². The van der Waals surface area contributed by atoms with Crippen LogP contribution in [0.15, 0.2) is 30.3 Å². The maximum atomic E-state index is 11.8. The average Bonchev–Trinajstić information content (AvgIpc) is 2.85. The molecule has 1 aromatic rings. The maximum Gasteiger partial charge on any atom is 0.251 e. The second kappa shape index (κ2) is 5.82. The summed E-state index contributed by atoms with van der Waals surface area (Å²) in [7, 11) is 0. The topological polar surface area (TPSA) is 32.3 Å². The van der Waals surface area contributed by atoms with Crippen LogP contribution in [0.1, 0.15) is 23.7 Å². The number of benzene rings is 1. The van der Waals surface area contributed by atoms with Gasteiger partial charge in [0.15, 0.2) is 0 Å². The quantitative estimate of drug-likeness (QED) is 0.858. The maximum absolute atomic E-state index is 11.8. The standard InChI is InChI=1S/C14H20N2O/c1-2-16-9-8-12(11-16)10-15-14(17)13-6-4-3-5-7-13/h3-7,12H,2,8-11H2,1H3,(H,15,17). The fraction of sp³-hybridized carbons (Fsp3) is 0.500. The summed E-state index contributed by atoms with van der Waals surface area (Å²) in [5.41, 5.74) is 0.748. The van der Waals surface area contributed by atoms with Crippen LogP contribution in [0.25, 0.3) is 0 Å². The van der Waals surface area contributed by atoms with E-state index in [1.54, 1.807) is 0 Å². The fourth-order valence-corrected chi connectivity index (χ4v) is 2.30. The summed E-state index contributed by atoms with van der Waals surface area (Å²) in [6, 6.07) is 9.41. The Bertz CT molecular complexity index is 364. The van der Waals surface area contributed by atoms with Crippen molar-refractivity contribution in [2.24, 2.45) is 5.92 Å². The van der Waals surface area contributed by atoms with E-state index in [0.29, 0.717) is 5.92 Å². The van der Waals surface area contributed by atoms with Crippen LogP contribution >= 0.6 is 0 Å². The highest BCUT2D eigenvalue weighted by Gasteiger charge is 2.21. The van der Waals surface area contributed by atoms with Gasteiger partial charge in [-0.15, -0.1) is 0 Å². The van der Waals surface area contributed by atoms with Gasteiger partial charge in [-0.3, -0.25) is 4.79 Å². The molecule has 1 fully saturated rings. The molecule has 0 aromatic heterocycles. The van der Waals surface area contributed by atoms with Crippen LogP contribution in [-0.2, 0) is 0 Å². The Morgan fingerprint density at radius 2 is 2.18 bits per heavy atom. The number of carbonyl (C=O) groups excluding carboxylic acids is 1. The number of likely N-dealkylation sites (tertiary alicyclic amines) is 1. The Labute approximate surface area is 103 Å². The summed E-state index contributed by atoms with van der Waals surface area (Å²) < 4.78 is 0. The molecule has 0 radical (unpaired) electrons. The monoisotopic (exact) mass is 232 g/mol. The highest BCUT2D eigenvalue weighted by atomic mass is 16.1. The first-order valence-corrected chi connectivity index (χ1v) is 6.35. The normalized spacial score (nSPS) is 20.4. The van der Waals surface area contributed by atoms with Gasteiger partial charge in [0.2, 0.25) is 0 Å². The number of nitrogens with zero attached hydrogens (tertiary/aromatic N) is 1. The number of hydrogen-bond donors (Lipinski definition) is 1. The van der Waals surface area contributed by atoms with Gasteiger partial charge in [-0.2, -0.15) is 0 Å². The molecule has 0 saturated carbocycles. The summed E-state index contributed by atoms with van der Waals surface area (Å²) >= 11 is 0. The Balaban J connectivity index is 1.78. The van der Waals surface area contributed by atoms with E-state index in [1.807, 2.05) is 30.3 Å². The summed E-state index contributed by atoms with van der Waals surface area (Å²) in [4.78, 5) is 14.3. The molecule has 2 rings (SSSR count). The Hall–Kier alpha value is -1.35. The zero-order valence-corrected chi connectivity index (χ0v) is 10.4. The number of hydrogen-bond acceptors (Lipinski definition) is 2. The summed E-state index contributed by atoms with van der Waals surface area (Å²) in [5, 5.41) is 3.02. The lowest BCUT2D eigenvalue weighted by Gasteiger charge is -2.13. The van der Waals surface area contributed by atoms with E-state index in [2.05, 4.69) is 17.1 Å². The third-order valence-corrected chi connectivity index (χ3v) is 3.40. The molecule has 1 atom stereocenters. The predicted octanol–water partition coefficient (Wildman–Crippen LogP) is 1.76. The van der Waals surface area contributed by atoms with Gasteiger partial charge in [-0.05, 0) is 37.6 Å². The molecular formula is C14H20N2O. The van der Waals surface area contributed by atoms with Crippen LogP contribution < -0.4 is 5.32 Å². The molecule has 1 saturated heterocycles. The number of carbonyl (C=O) groups is 1. The van der Waals surface area contributed by atoms with Crippen LogP contribution in [-0.4, -0.2) is 37.0 Å². The highest BCUT2D eigenvalue weighted by molar-refractivity contribution is 5.94. The van der Waals surface area contributed by atoms with Crippen molar-refractivity contribution in [3.8, 4) is 0 Å². The number of rotatable bonds is 4. The lowest BCUT2D eigenvalue weighted by molar-refractivity contribution is 0.0947. The Morgan fingerprint density at radius 1 is 1.41 bits per heavy atom. The molecule has 0 aliphatic carbocycles. The van der Waals surface area contributed by atoms with Crippen molar-refractivity contribution in [3.05, 3.63) is 35.9 Å². The third kappa shape index (κ3) is 3.30. The van der Waals surface area contributed by atoms with Crippen molar-refractivity contribution in [3.63, 3.8) is 0 Å². The lowest BCUT2D eigenvalue weighted by Crippen LogP contribution is -2.30. The van der Waals surface area contributed by atoms with Crippen LogP contribution in [0.3, 0.4) is 0 Å². The molecule has 1 unspecified atom stereocenters. The number of nitrogens with one attached hydrogen (secondary N) is 1. The second-order valence-electron chi connectivity index (χ2n) is 4.62. The zero-order valence-electron chi connectivity index (χ0n) is 10.4. The van der Waals surface area contributed by atoms with Crippen LogP contribution in [0.2, 0.25) is 0 Å². The fourth-order valence-electron chi connectivity index (χ4n) is 2.30. The molecule has 1 amide bonds. The van der Waals surface area contributed by atoms with Gasteiger partial charge in [-0.25, -0.2) is 0 Å². The molecule has 3 nitrogen and oxygen atoms in total. The molecule has 1 aliphatic heterocycles. The zero-order chi connectivity index (χ0) is 12.1. The largest absolute Gasteiger partial charge is 0.352 e. The molecule has 1 aromatic carbocycles. The van der Waals surface area contributed by atoms with Crippen LogP contribution in [0, 0.1) is 5.92 Å². The van der Waals surface area contributed by atoms with E-state index in [4.69, 9.17) is 0 Å². The smallest absolute Gasteiger partial charge is 0.251 e. The van der Waals surface area contributed by atoms with Crippen molar-refractivity contribution < 1.29 is 4.79 Å². The van der Waals surface area contributed by atoms with E-state index in [0.717, 1.165) is 25.2 Å². The molecule has 0 bridgehead atoms. The second-order valence-corrected chi connectivity index (χ2v) is 4.62. The van der Waals surface area contributed by atoms with Gasteiger partial charge in [0.25, 0.3) is 5.91 Å². The Kier molecular flexibility index (Phi) is 4.15. The van der Waals surface area contributed by atoms with Crippen LogP contribution in [0.4, 0.5) is 0 Å². The molecule has 0 spiro atoms. The first kappa shape index (κ1) is 12.1. The van der Waals surface area contributed by atoms with E-state index in [9.17, 15) is 4.79 Å². The number of amides is 1. The van der Waals surface area contributed by atoms with Crippen molar-refractivity contribution in [2.45, 2.75) is 13.3 Å².